The molecule has 1 atom stereocenters. The molecule has 0 bridgehead atoms. The van der Waals surface area contributed by atoms with Gasteiger partial charge in [-0.3, -0.25) is 5.32 Å². The first kappa shape index (κ1) is 13.8. The number of rotatable bonds is 5. The van der Waals surface area contributed by atoms with E-state index in [1.54, 1.807) is 0 Å². The summed E-state index contributed by atoms with van der Waals surface area (Å²) in [6.07, 6.45) is 5.10. The van der Waals surface area contributed by atoms with E-state index in [9.17, 15) is 5.26 Å². The summed E-state index contributed by atoms with van der Waals surface area (Å²) in [6, 6.07) is 2.48. The summed E-state index contributed by atoms with van der Waals surface area (Å²) in [6.45, 7) is 5.55. The maximum Gasteiger partial charge on any atom is 0.111 e. The average Bonchev–Trinajstić information content (AvgIpc) is 2.31. The van der Waals surface area contributed by atoms with Crippen molar-refractivity contribution in [2.75, 3.05) is 13.1 Å². The summed E-state index contributed by atoms with van der Waals surface area (Å²) in [4.78, 5) is 2.72. The molecule has 1 rings (SSSR count). The van der Waals surface area contributed by atoms with Crippen LogP contribution in [-0.4, -0.2) is 18.6 Å². The van der Waals surface area contributed by atoms with E-state index in [2.05, 4.69) is 35.3 Å². The van der Waals surface area contributed by atoms with Crippen LogP contribution in [0.1, 0.15) is 46.0 Å². The lowest BCUT2D eigenvalue weighted by molar-refractivity contribution is 0.110. The first-order valence-corrected chi connectivity index (χ1v) is 6.25. The molecule has 5 nitrogen and oxygen atoms in total. The molecule has 1 aliphatic rings. The summed E-state index contributed by atoms with van der Waals surface area (Å²) in [7, 11) is 0. The Morgan fingerprint density at radius 2 is 2.12 bits per heavy atom. The van der Waals surface area contributed by atoms with E-state index in [4.69, 9.17) is 5.53 Å². The predicted octanol–water partition coefficient (Wildman–Crippen LogP) is 3.14. The van der Waals surface area contributed by atoms with Crippen LogP contribution in [0.3, 0.4) is 0 Å². The van der Waals surface area contributed by atoms with Gasteiger partial charge in [0.05, 0.1) is 6.07 Å². The van der Waals surface area contributed by atoms with Crippen molar-refractivity contribution in [1.29, 1.82) is 5.26 Å². The van der Waals surface area contributed by atoms with Crippen LogP contribution in [0.25, 0.3) is 10.4 Å². The molecule has 1 saturated carbocycles. The van der Waals surface area contributed by atoms with Crippen molar-refractivity contribution in [3.63, 3.8) is 0 Å². The Balaban J connectivity index is 2.56. The molecular weight excluding hydrogens is 214 g/mol. The Kier molecular flexibility index (Phi) is 4.80. The lowest BCUT2D eigenvalue weighted by Crippen LogP contribution is -2.57. The fourth-order valence-electron chi connectivity index (χ4n) is 2.58. The first-order chi connectivity index (χ1) is 8.08. The first-order valence-electron chi connectivity index (χ1n) is 6.25. The van der Waals surface area contributed by atoms with Crippen molar-refractivity contribution in [1.82, 2.24) is 5.32 Å². The number of hydrogen-bond donors (Lipinski definition) is 1. The van der Waals surface area contributed by atoms with Gasteiger partial charge in [-0.05, 0) is 36.8 Å². The van der Waals surface area contributed by atoms with Crippen LogP contribution < -0.4 is 5.32 Å². The maximum atomic E-state index is 9.49. The van der Waals surface area contributed by atoms with E-state index >= 15 is 0 Å². The summed E-state index contributed by atoms with van der Waals surface area (Å²) >= 11 is 0. The highest BCUT2D eigenvalue weighted by molar-refractivity contribution is 5.16. The highest BCUT2D eigenvalue weighted by Gasteiger charge is 2.46. The highest BCUT2D eigenvalue weighted by atomic mass is 15.1. The molecule has 0 aliphatic heterocycles. The van der Waals surface area contributed by atoms with Gasteiger partial charge in [-0.2, -0.15) is 5.26 Å². The van der Waals surface area contributed by atoms with Gasteiger partial charge in [0.15, 0.2) is 0 Å². The highest BCUT2D eigenvalue weighted by Crippen LogP contribution is 2.43. The van der Waals surface area contributed by atoms with Gasteiger partial charge in [-0.25, -0.2) is 0 Å². The predicted molar refractivity (Wildman–Crippen MR) is 67.2 cm³/mol. The second kappa shape index (κ2) is 5.90. The number of nitrogens with zero attached hydrogens (tertiary/aromatic N) is 4. The lowest BCUT2D eigenvalue weighted by atomic mass is 9.64. The second-order valence-corrected chi connectivity index (χ2v) is 5.34. The van der Waals surface area contributed by atoms with Gasteiger partial charge in [0.1, 0.15) is 5.54 Å². The minimum absolute atomic E-state index is 0.0124. The van der Waals surface area contributed by atoms with Gasteiger partial charge >= 0.3 is 0 Å². The Morgan fingerprint density at radius 1 is 1.41 bits per heavy atom. The van der Waals surface area contributed by atoms with Gasteiger partial charge in [-0.1, -0.05) is 31.8 Å². The molecule has 17 heavy (non-hydrogen) atoms. The molecule has 0 saturated heterocycles. The van der Waals surface area contributed by atoms with Crippen molar-refractivity contribution in [2.45, 2.75) is 51.5 Å². The number of nitrogens with one attached hydrogen (secondary N) is 1. The molecule has 0 heterocycles. The third-order valence-corrected chi connectivity index (χ3v) is 3.87. The van der Waals surface area contributed by atoms with Crippen molar-refractivity contribution in [3.8, 4) is 6.07 Å². The molecule has 1 fully saturated rings. The molecule has 5 heteroatoms. The molecule has 1 N–H and O–H groups in total. The smallest absolute Gasteiger partial charge is 0.111 e. The Labute approximate surface area is 103 Å². The lowest BCUT2D eigenvalue weighted by Gasteiger charge is -2.46. The van der Waals surface area contributed by atoms with Gasteiger partial charge in [0.2, 0.25) is 0 Å². The van der Waals surface area contributed by atoms with Crippen molar-refractivity contribution in [2.24, 2.45) is 10.5 Å². The monoisotopic (exact) mass is 235 g/mol. The summed E-state index contributed by atoms with van der Waals surface area (Å²) in [5.41, 5.74) is 7.78. The third-order valence-electron chi connectivity index (χ3n) is 3.87. The van der Waals surface area contributed by atoms with Crippen molar-refractivity contribution < 1.29 is 0 Å². The Morgan fingerprint density at radius 3 is 2.71 bits per heavy atom. The zero-order chi connectivity index (χ0) is 12.8. The fraction of sp³-hybridized carbons (Fsp3) is 0.917. The van der Waals surface area contributed by atoms with Crippen molar-refractivity contribution in [3.05, 3.63) is 10.4 Å². The normalized spacial score (nSPS) is 26.9. The van der Waals surface area contributed by atoms with Gasteiger partial charge < -0.3 is 0 Å². The summed E-state index contributed by atoms with van der Waals surface area (Å²) in [5, 5.41) is 16.4. The van der Waals surface area contributed by atoms with Crippen LogP contribution in [-0.2, 0) is 0 Å². The molecule has 0 spiro atoms. The number of nitriles is 1. The third kappa shape index (κ3) is 3.12. The van der Waals surface area contributed by atoms with Crippen LogP contribution in [0.15, 0.2) is 5.11 Å². The number of azide groups is 1. The Bertz CT molecular complexity index is 337. The topological polar surface area (TPSA) is 84.6 Å². The molecule has 0 aromatic rings. The van der Waals surface area contributed by atoms with E-state index in [1.807, 2.05) is 0 Å². The van der Waals surface area contributed by atoms with Crippen LogP contribution in [0.2, 0.25) is 0 Å². The second-order valence-electron chi connectivity index (χ2n) is 5.34. The molecule has 0 radical (unpaired) electrons. The molecule has 1 unspecified atom stereocenters. The van der Waals surface area contributed by atoms with E-state index < -0.39 is 5.54 Å². The molecule has 94 valence electrons. The minimum atomic E-state index is -0.415. The van der Waals surface area contributed by atoms with Crippen LogP contribution >= 0.6 is 0 Å². The zero-order valence-electron chi connectivity index (χ0n) is 10.7. The summed E-state index contributed by atoms with van der Waals surface area (Å²) in [5.74, 6) is 0. The van der Waals surface area contributed by atoms with Gasteiger partial charge in [-0.15, -0.1) is 0 Å². The molecular formula is C12H21N5. The van der Waals surface area contributed by atoms with E-state index in [0.717, 1.165) is 32.2 Å². The largest absolute Gasteiger partial charge is 0.299 e. The fourth-order valence-corrected chi connectivity index (χ4v) is 2.58. The van der Waals surface area contributed by atoms with E-state index in [0.29, 0.717) is 6.54 Å². The van der Waals surface area contributed by atoms with E-state index in [1.165, 1.54) is 6.42 Å². The minimum Gasteiger partial charge on any atom is -0.299 e. The number of hydrogen-bond acceptors (Lipinski definition) is 3. The summed E-state index contributed by atoms with van der Waals surface area (Å²) < 4.78 is 0. The van der Waals surface area contributed by atoms with Crippen LogP contribution in [0.5, 0.6) is 0 Å². The molecule has 0 aromatic heterocycles. The SMILES string of the molecule is CC1(C)CCCCC1(C#N)NCCCN=[N+]=[N-]. The molecule has 1 aliphatic carbocycles. The Hall–Kier alpha value is -1.24. The standard InChI is InChI=1S/C12H21N5/c1-11(2)6-3-4-7-12(11,10-13)15-8-5-9-16-17-14/h15H,3-9H2,1-2H3. The quantitative estimate of drug-likeness (QED) is 0.343. The average molecular weight is 235 g/mol. The molecule has 0 amide bonds. The zero-order valence-corrected chi connectivity index (χ0v) is 10.7. The van der Waals surface area contributed by atoms with Crippen LogP contribution in [0.4, 0.5) is 0 Å². The van der Waals surface area contributed by atoms with Gasteiger partial charge in [0, 0.05) is 11.5 Å². The maximum absolute atomic E-state index is 9.49. The van der Waals surface area contributed by atoms with Gasteiger partial charge in [0.25, 0.3) is 0 Å². The van der Waals surface area contributed by atoms with Crippen molar-refractivity contribution >= 4 is 0 Å². The van der Waals surface area contributed by atoms with E-state index in [-0.39, 0.29) is 5.41 Å². The van der Waals surface area contributed by atoms with Crippen LogP contribution in [0, 0.1) is 16.7 Å². The molecule has 0 aromatic carbocycles.